The molecule has 0 radical (unpaired) electrons. The summed E-state index contributed by atoms with van der Waals surface area (Å²) in [5, 5.41) is -0.217. The lowest BCUT2D eigenvalue weighted by Crippen LogP contribution is -1.88. The van der Waals surface area contributed by atoms with Crippen molar-refractivity contribution >= 4 is 22.6 Å². The predicted octanol–water partition coefficient (Wildman–Crippen LogP) is 1.62. The van der Waals surface area contributed by atoms with Gasteiger partial charge >= 0.3 is 0 Å². The van der Waals surface area contributed by atoms with Crippen molar-refractivity contribution in [1.82, 2.24) is 14.5 Å². The Balaban J connectivity index is 2.99. The zero-order chi connectivity index (χ0) is 13.0. The van der Waals surface area contributed by atoms with E-state index in [0.717, 1.165) is 0 Å². The molecule has 0 saturated heterocycles. The van der Waals surface area contributed by atoms with Crippen molar-refractivity contribution in [3.8, 4) is 0 Å². The minimum Gasteiger partial charge on any atom is -0.335 e. The Morgan fingerprint density at radius 1 is 1.73 bits per heavy atom. The lowest BCUT2D eigenvalue weighted by atomic mass is 10.4. The molecule has 2 aromatic heterocycles. The molecule has 0 aliphatic heterocycles. The monoisotopic (exact) mass is 173 g/mol. The SMILES string of the molecule is [2H]c1nc(Cl)c2c([2H])c([2H])n(C([2H])([2H])[2H])c2n1. The van der Waals surface area contributed by atoms with Crippen molar-refractivity contribution in [2.75, 3.05) is 0 Å². The van der Waals surface area contributed by atoms with Crippen molar-refractivity contribution in [3.63, 3.8) is 0 Å². The molecular weight excluding hydrogens is 162 g/mol. The summed E-state index contributed by atoms with van der Waals surface area (Å²) in [5.74, 6) is 0. The Kier molecular flexibility index (Phi) is 0.551. The van der Waals surface area contributed by atoms with Gasteiger partial charge in [-0.3, -0.25) is 0 Å². The molecule has 11 heavy (non-hydrogen) atoms. The Morgan fingerprint density at radius 3 is 3.45 bits per heavy atom. The first-order valence-corrected chi connectivity index (χ1v) is 3.13. The van der Waals surface area contributed by atoms with Crippen LogP contribution >= 0.6 is 11.6 Å². The molecule has 0 fully saturated rings. The molecule has 0 aromatic carbocycles. The number of aromatic nitrogens is 3. The number of fused-ring (bicyclic) bond motifs is 1. The zero-order valence-electron chi connectivity index (χ0n) is 11.2. The highest BCUT2D eigenvalue weighted by molar-refractivity contribution is 6.33. The molecule has 2 heterocycles. The van der Waals surface area contributed by atoms with Crippen molar-refractivity contribution in [3.05, 3.63) is 23.7 Å². The smallest absolute Gasteiger partial charge is 0.144 e. The zero-order valence-corrected chi connectivity index (χ0v) is 5.98. The first-order chi connectivity index (χ1) is 7.73. The average Bonchev–Trinajstić information content (AvgIpc) is 2.37. The van der Waals surface area contributed by atoms with Gasteiger partial charge in [-0.25, -0.2) is 9.97 Å². The molecule has 0 spiro atoms. The number of hydrogen-bond donors (Lipinski definition) is 0. The Hall–Kier alpha value is -1.09. The molecule has 2 aromatic rings. The number of aryl methyl sites for hydroxylation is 1. The van der Waals surface area contributed by atoms with Gasteiger partial charge in [0.2, 0.25) is 0 Å². The molecule has 0 bridgehead atoms. The van der Waals surface area contributed by atoms with Gasteiger partial charge in [-0.05, 0) is 6.04 Å². The third-order valence-electron chi connectivity index (χ3n) is 1.24. The summed E-state index contributed by atoms with van der Waals surface area (Å²) in [5.41, 5.74) is -0.190. The largest absolute Gasteiger partial charge is 0.335 e. The summed E-state index contributed by atoms with van der Waals surface area (Å²) in [4.78, 5) is 7.14. The molecule has 4 heteroatoms. The number of nitrogens with zero attached hydrogens (tertiary/aromatic N) is 3. The van der Waals surface area contributed by atoms with Crippen LogP contribution < -0.4 is 0 Å². The van der Waals surface area contributed by atoms with Crippen LogP contribution in [-0.4, -0.2) is 14.5 Å². The molecule has 0 saturated carbocycles. The lowest BCUT2D eigenvalue weighted by molar-refractivity contribution is 0.943. The van der Waals surface area contributed by atoms with E-state index in [1.165, 1.54) is 0 Å². The van der Waals surface area contributed by atoms with Crippen LogP contribution in [0.15, 0.2) is 18.5 Å². The molecule has 0 N–H and O–H groups in total. The summed E-state index contributed by atoms with van der Waals surface area (Å²) < 4.78 is 44.9. The summed E-state index contributed by atoms with van der Waals surface area (Å²) in [6, 6.07) is -0.360. The Labute approximate surface area is 77.1 Å². The maximum Gasteiger partial charge on any atom is 0.144 e. The van der Waals surface area contributed by atoms with E-state index in [1.54, 1.807) is 0 Å². The Morgan fingerprint density at radius 2 is 2.64 bits per heavy atom. The van der Waals surface area contributed by atoms with Gasteiger partial charge in [0.15, 0.2) is 0 Å². The molecule has 0 aliphatic carbocycles. The van der Waals surface area contributed by atoms with E-state index >= 15 is 0 Å². The van der Waals surface area contributed by atoms with Gasteiger partial charge in [-0.2, -0.15) is 0 Å². The van der Waals surface area contributed by atoms with Crippen LogP contribution in [0.25, 0.3) is 11.0 Å². The molecule has 0 aliphatic rings. The molecule has 2 rings (SSSR count). The first kappa shape index (κ1) is 2.75. The van der Waals surface area contributed by atoms with E-state index in [2.05, 4.69) is 9.97 Å². The van der Waals surface area contributed by atoms with Gasteiger partial charge in [0.25, 0.3) is 0 Å². The van der Waals surface area contributed by atoms with Gasteiger partial charge in [-0.15, -0.1) is 0 Å². The van der Waals surface area contributed by atoms with Crippen LogP contribution in [-0.2, 0) is 6.98 Å². The van der Waals surface area contributed by atoms with E-state index < -0.39 is 19.5 Å². The highest BCUT2D eigenvalue weighted by atomic mass is 35.5. The fraction of sp³-hybridized carbons (Fsp3) is 0.143. The summed E-state index contributed by atoms with van der Waals surface area (Å²) >= 11 is 5.73. The van der Waals surface area contributed by atoms with Gasteiger partial charge in [0, 0.05) is 17.3 Å². The van der Waals surface area contributed by atoms with E-state index in [9.17, 15) is 0 Å². The van der Waals surface area contributed by atoms with Crippen molar-refractivity contribution < 1.29 is 8.22 Å². The fourth-order valence-corrected chi connectivity index (χ4v) is 0.924. The van der Waals surface area contributed by atoms with Crippen LogP contribution in [0.4, 0.5) is 0 Å². The van der Waals surface area contributed by atoms with Gasteiger partial charge in [0.05, 0.1) is 8.13 Å². The first-order valence-electron chi connectivity index (χ1n) is 5.75. The summed E-state index contributed by atoms with van der Waals surface area (Å²) in [6.45, 7) is -2.65. The highest BCUT2D eigenvalue weighted by Crippen LogP contribution is 2.18. The second-order valence-electron chi connectivity index (χ2n) is 1.89. The van der Waals surface area contributed by atoms with Gasteiger partial charge in [0.1, 0.15) is 18.5 Å². The standard InChI is InChI=1S/C7H6ClN3/c1-11-3-2-5-6(8)9-4-10-7(5)11/h2-4H,1H3/i1D3,2D,3D,4D. The van der Waals surface area contributed by atoms with Crippen molar-refractivity contribution in [2.45, 2.75) is 0 Å². The fourth-order valence-electron chi connectivity index (χ4n) is 0.754. The molecule has 3 nitrogen and oxygen atoms in total. The van der Waals surface area contributed by atoms with E-state index in [1.807, 2.05) is 0 Å². The van der Waals surface area contributed by atoms with Crippen LogP contribution in [0, 0.1) is 0 Å². The molecule has 0 atom stereocenters. The van der Waals surface area contributed by atoms with E-state index in [-0.39, 0.29) is 22.2 Å². The quantitative estimate of drug-likeness (QED) is 0.567. The molecular formula is C7H6ClN3. The summed E-state index contributed by atoms with van der Waals surface area (Å²) in [7, 11) is 0. The van der Waals surface area contributed by atoms with Crippen LogP contribution in [0.3, 0.4) is 0 Å². The second kappa shape index (κ2) is 2.20. The van der Waals surface area contributed by atoms with Crippen LogP contribution in [0.1, 0.15) is 8.22 Å². The molecule has 56 valence electrons. The summed E-state index contributed by atoms with van der Waals surface area (Å²) in [6.07, 6.45) is -0.979. The van der Waals surface area contributed by atoms with E-state index in [0.29, 0.717) is 4.57 Å². The molecule has 0 unspecified atom stereocenters. The van der Waals surface area contributed by atoms with Crippen LogP contribution in [0.2, 0.25) is 5.15 Å². The maximum absolute atomic E-state index is 7.62. The van der Waals surface area contributed by atoms with Gasteiger partial charge < -0.3 is 4.57 Å². The second-order valence-corrected chi connectivity index (χ2v) is 2.24. The topological polar surface area (TPSA) is 30.7 Å². The number of rotatable bonds is 0. The third kappa shape index (κ3) is 0.886. The molecule has 0 amide bonds. The third-order valence-corrected chi connectivity index (χ3v) is 1.51. The minimum atomic E-state index is -2.65. The van der Waals surface area contributed by atoms with Crippen molar-refractivity contribution in [1.29, 1.82) is 0 Å². The normalized spacial score (nSPS) is 19.7. The van der Waals surface area contributed by atoms with Crippen molar-refractivity contribution in [2.24, 2.45) is 6.98 Å². The number of hydrogen-bond acceptors (Lipinski definition) is 2. The van der Waals surface area contributed by atoms with Crippen LogP contribution in [0.5, 0.6) is 0 Å². The minimum absolute atomic E-state index is 0.0243. The van der Waals surface area contributed by atoms with E-state index in [4.69, 9.17) is 19.8 Å². The maximum atomic E-state index is 7.62. The number of halogens is 1. The lowest BCUT2D eigenvalue weighted by Gasteiger charge is -1.93. The Bertz CT molecular complexity index is 604. The average molecular weight is 174 g/mol. The van der Waals surface area contributed by atoms with Gasteiger partial charge in [-0.1, -0.05) is 11.6 Å². The highest BCUT2D eigenvalue weighted by Gasteiger charge is 2.02. The predicted molar refractivity (Wildman–Crippen MR) is 43.5 cm³/mol.